The molecule has 0 N–H and O–H groups in total. The Morgan fingerprint density at radius 1 is 0.963 bits per heavy atom. The van der Waals surface area contributed by atoms with Gasteiger partial charge in [0.1, 0.15) is 18.2 Å². The molecule has 1 fully saturated rings. The van der Waals surface area contributed by atoms with Gasteiger partial charge in [0.25, 0.3) is 0 Å². The summed E-state index contributed by atoms with van der Waals surface area (Å²) in [5, 5.41) is 0. The molecule has 27 heavy (non-hydrogen) atoms. The van der Waals surface area contributed by atoms with Gasteiger partial charge in [0.05, 0.1) is 24.1 Å². The SMILES string of the molecule is Cc1ccc(OCCn2c(CN3CCCCC3)nc3ccccc32)cc1C. The fourth-order valence-electron chi connectivity index (χ4n) is 3.87. The van der Waals surface area contributed by atoms with Crippen molar-refractivity contribution in [2.75, 3.05) is 19.7 Å². The standard InChI is InChI=1S/C23H29N3O/c1-18-10-11-20(16-19(18)2)27-15-14-26-22-9-5-4-8-21(22)24-23(26)17-25-12-6-3-7-13-25/h4-5,8-11,16H,3,6-7,12-15,17H2,1-2H3. The molecule has 1 saturated heterocycles. The van der Waals surface area contributed by atoms with E-state index in [4.69, 9.17) is 9.72 Å². The van der Waals surface area contributed by atoms with Crippen LogP contribution in [0.3, 0.4) is 0 Å². The molecule has 1 aromatic heterocycles. The number of ether oxygens (including phenoxy) is 1. The van der Waals surface area contributed by atoms with Gasteiger partial charge >= 0.3 is 0 Å². The second-order valence-corrected chi connectivity index (χ2v) is 7.60. The molecule has 142 valence electrons. The second kappa shape index (κ2) is 8.13. The molecular formula is C23H29N3O. The summed E-state index contributed by atoms with van der Waals surface area (Å²) < 4.78 is 8.39. The van der Waals surface area contributed by atoms with Gasteiger partial charge in [0.15, 0.2) is 0 Å². The Morgan fingerprint density at radius 3 is 2.59 bits per heavy atom. The van der Waals surface area contributed by atoms with E-state index in [9.17, 15) is 0 Å². The number of para-hydroxylation sites is 2. The molecule has 0 atom stereocenters. The fraction of sp³-hybridized carbons (Fsp3) is 0.435. The summed E-state index contributed by atoms with van der Waals surface area (Å²) in [6, 6.07) is 14.7. The lowest BCUT2D eigenvalue weighted by Gasteiger charge is -2.26. The third-order valence-electron chi connectivity index (χ3n) is 5.61. The van der Waals surface area contributed by atoms with Crippen molar-refractivity contribution in [1.29, 1.82) is 0 Å². The van der Waals surface area contributed by atoms with Crippen molar-refractivity contribution < 1.29 is 4.74 Å². The molecule has 2 aromatic carbocycles. The highest BCUT2D eigenvalue weighted by molar-refractivity contribution is 5.75. The zero-order valence-electron chi connectivity index (χ0n) is 16.4. The number of piperidine rings is 1. The summed E-state index contributed by atoms with van der Waals surface area (Å²) >= 11 is 0. The Morgan fingerprint density at radius 2 is 1.78 bits per heavy atom. The number of benzene rings is 2. The van der Waals surface area contributed by atoms with E-state index >= 15 is 0 Å². The quantitative estimate of drug-likeness (QED) is 0.635. The van der Waals surface area contributed by atoms with Gasteiger partial charge in [-0.15, -0.1) is 0 Å². The number of fused-ring (bicyclic) bond motifs is 1. The zero-order chi connectivity index (χ0) is 18.6. The normalized spacial score (nSPS) is 15.3. The predicted molar refractivity (Wildman–Crippen MR) is 110 cm³/mol. The minimum absolute atomic E-state index is 0.649. The van der Waals surface area contributed by atoms with Gasteiger partial charge in [-0.3, -0.25) is 4.90 Å². The van der Waals surface area contributed by atoms with Crippen molar-refractivity contribution >= 4 is 11.0 Å². The third kappa shape index (κ3) is 4.16. The van der Waals surface area contributed by atoms with E-state index in [0.717, 1.165) is 30.2 Å². The number of aryl methyl sites for hydroxylation is 2. The highest BCUT2D eigenvalue weighted by Gasteiger charge is 2.16. The van der Waals surface area contributed by atoms with E-state index in [0.29, 0.717) is 6.61 Å². The first-order valence-corrected chi connectivity index (χ1v) is 10.1. The van der Waals surface area contributed by atoms with Gasteiger partial charge < -0.3 is 9.30 Å². The van der Waals surface area contributed by atoms with E-state index in [2.05, 4.69) is 65.8 Å². The lowest BCUT2D eigenvalue weighted by Crippen LogP contribution is -2.30. The first kappa shape index (κ1) is 18.1. The molecule has 4 heteroatoms. The van der Waals surface area contributed by atoms with Crippen molar-refractivity contribution in [2.24, 2.45) is 0 Å². The summed E-state index contributed by atoms with van der Waals surface area (Å²) in [6.45, 7) is 9.02. The molecule has 4 rings (SSSR count). The highest BCUT2D eigenvalue weighted by atomic mass is 16.5. The first-order valence-electron chi connectivity index (χ1n) is 10.1. The summed E-state index contributed by atoms with van der Waals surface area (Å²) in [7, 11) is 0. The molecule has 0 aliphatic carbocycles. The van der Waals surface area contributed by atoms with Crippen molar-refractivity contribution in [3.05, 3.63) is 59.4 Å². The van der Waals surface area contributed by atoms with Crippen LogP contribution in [-0.4, -0.2) is 34.1 Å². The molecule has 1 aliphatic rings. The smallest absolute Gasteiger partial charge is 0.124 e. The summed E-state index contributed by atoms with van der Waals surface area (Å²) in [5.74, 6) is 2.10. The molecule has 1 aliphatic heterocycles. The fourth-order valence-corrected chi connectivity index (χ4v) is 3.87. The van der Waals surface area contributed by atoms with Crippen LogP contribution in [0.2, 0.25) is 0 Å². The Bertz CT molecular complexity index is 909. The lowest BCUT2D eigenvalue weighted by atomic mass is 10.1. The number of imidazole rings is 1. The number of hydrogen-bond donors (Lipinski definition) is 0. The molecule has 0 bridgehead atoms. The molecule has 2 heterocycles. The van der Waals surface area contributed by atoms with Gasteiger partial charge in [-0.2, -0.15) is 0 Å². The molecule has 0 amide bonds. The largest absolute Gasteiger partial charge is 0.492 e. The van der Waals surface area contributed by atoms with Crippen LogP contribution >= 0.6 is 0 Å². The molecular weight excluding hydrogens is 334 g/mol. The number of nitrogens with zero attached hydrogens (tertiary/aromatic N) is 3. The first-order chi connectivity index (χ1) is 13.2. The Hall–Kier alpha value is -2.33. The van der Waals surface area contributed by atoms with Crippen molar-refractivity contribution in [2.45, 2.75) is 46.2 Å². The van der Waals surface area contributed by atoms with E-state index in [-0.39, 0.29) is 0 Å². The van der Waals surface area contributed by atoms with Crippen LogP contribution in [0, 0.1) is 13.8 Å². The number of rotatable bonds is 6. The molecule has 0 radical (unpaired) electrons. The van der Waals surface area contributed by atoms with Crippen LogP contribution in [0.5, 0.6) is 5.75 Å². The minimum Gasteiger partial charge on any atom is -0.492 e. The third-order valence-corrected chi connectivity index (χ3v) is 5.61. The maximum atomic E-state index is 6.05. The topological polar surface area (TPSA) is 30.3 Å². The van der Waals surface area contributed by atoms with E-state index in [1.54, 1.807) is 0 Å². The highest BCUT2D eigenvalue weighted by Crippen LogP contribution is 2.20. The van der Waals surface area contributed by atoms with Crippen LogP contribution < -0.4 is 4.74 Å². The van der Waals surface area contributed by atoms with Crippen molar-refractivity contribution in [3.63, 3.8) is 0 Å². The van der Waals surface area contributed by atoms with Gasteiger partial charge in [0, 0.05) is 0 Å². The molecule has 0 spiro atoms. The average Bonchev–Trinajstić information content (AvgIpc) is 3.03. The van der Waals surface area contributed by atoms with Gasteiger partial charge in [-0.25, -0.2) is 4.98 Å². The Kier molecular flexibility index (Phi) is 5.44. The van der Waals surface area contributed by atoms with Gasteiger partial charge in [-0.05, 0) is 75.2 Å². The van der Waals surface area contributed by atoms with Crippen LogP contribution in [0.15, 0.2) is 42.5 Å². The zero-order valence-corrected chi connectivity index (χ0v) is 16.4. The number of likely N-dealkylation sites (tertiary alicyclic amines) is 1. The monoisotopic (exact) mass is 363 g/mol. The Labute approximate surface area is 161 Å². The van der Waals surface area contributed by atoms with E-state index < -0.39 is 0 Å². The molecule has 0 unspecified atom stereocenters. The maximum Gasteiger partial charge on any atom is 0.124 e. The molecule has 3 aromatic rings. The molecule has 0 saturated carbocycles. The van der Waals surface area contributed by atoms with Crippen LogP contribution in [0.4, 0.5) is 0 Å². The van der Waals surface area contributed by atoms with Crippen molar-refractivity contribution in [3.8, 4) is 5.75 Å². The van der Waals surface area contributed by atoms with E-state index in [1.165, 1.54) is 49.0 Å². The van der Waals surface area contributed by atoms with Gasteiger partial charge in [-0.1, -0.05) is 24.6 Å². The van der Waals surface area contributed by atoms with Crippen LogP contribution in [0.1, 0.15) is 36.2 Å². The maximum absolute atomic E-state index is 6.05. The number of hydrogen-bond acceptors (Lipinski definition) is 3. The summed E-state index contributed by atoms with van der Waals surface area (Å²) in [5.41, 5.74) is 4.85. The minimum atomic E-state index is 0.649. The summed E-state index contributed by atoms with van der Waals surface area (Å²) in [6.07, 6.45) is 3.96. The second-order valence-electron chi connectivity index (χ2n) is 7.60. The predicted octanol–water partition coefficient (Wildman–Crippen LogP) is 4.72. The van der Waals surface area contributed by atoms with Crippen molar-refractivity contribution in [1.82, 2.24) is 14.5 Å². The van der Waals surface area contributed by atoms with Crippen LogP contribution in [-0.2, 0) is 13.1 Å². The van der Waals surface area contributed by atoms with Gasteiger partial charge in [0.2, 0.25) is 0 Å². The Balaban J connectivity index is 1.50. The van der Waals surface area contributed by atoms with E-state index in [1.807, 2.05) is 0 Å². The molecule has 4 nitrogen and oxygen atoms in total. The number of aromatic nitrogens is 2. The lowest BCUT2D eigenvalue weighted by molar-refractivity contribution is 0.211. The van der Waals surface area contributed by atoms with Crippen LogP contribution in [0.25, 0.3) is 11.0 Å². The average molecular weight is 364 g/mol. The summed E-state index contributed by atoms with van der Waals surface area (Å²) in [4.78, 5) is 7.46.